The first-order valence-corrected chi connectivity index (χ1v) is 8.20. The van der Waals surface area contributed by atoms with Crippen LogP contribution in [0.3, 0.4) is 0 Å². The molecular weight excluding hydrogens is 286 g/mol. The number of aryl methyl sites for hydroxylation is 1. The van der Waals surface area contributed by atoms with E-state index in [0.717, 1.165) is 11.1 Å². The molecule has 0 aromatic heterocycles. The Kier molecular flexibility index (Phi) is 4.77. The minimum absolute atomic E-state index is 0.117. The van der Waals surface area contributed by atoms with Crippen LogP contribution < -0.4 is 4.72 Å². The third kappa shape index (κ3) is 3.69. The van der Waals surface area contributed by atoms with E-state index in [2.05, 4.69) is 4.72 Å². The smallest absolute Gasteiger partial charge is 0.241 e. The van der Waals surface area contributed by atoms with Gasteiger partial charge in [0.1, 0.15) is 0 Å². The molecule has 2 rings (SSSR count). The van der Waals surface area contributed by atoms with E-state index in [4.69, 9.17) is 0 Å². The first kappa shape index (κ1) is 15.7. The number of aliphatic hydroxyl groups is 1. The van der Waals surface area contributed by atoms with Crippen molar-refractivity contribution in [3.8, 4) is 0 Å². The average molecular weight is 305 g/mol. The van der Waals surface area contributed by atoms with Crippen LogP contribution in [0.4, 0.5) is 0 Å². The molecule has 2 aromatic rings. The first-order valence-electron chi connectivity index (χ1n) is 6.71. The standard InChI is InChI=1S/C16H19NO3S/c1-12-7-9-14(10-8-12)13(2)17-21(19,20)16-6-4-3-5-15(16)11-18/h3-10,13,17-18H,11H2,1-2H3. The molecule has 4 nitrogen and oxygen atoms in total. The van der Waals surface area contributed by atoms with Gasteiger partial charge in [-0.25, -0.2) is 13.1 Å². The first-order chi connectivity index (χ1) is 9.94. The highest BCUT2D eigenvalue weighted by atomic mass is 32.2. The van der Waals surface area contributed by atoms with Crippen molar-refractivity contribution in [1.82, 2.24) is 4.72 Å². The van der Waals surface area contributed by atoms with Crippen molar-refractivity contribution in [2.75, 3.05) is 0 Å². The lowest BCUT2D eigenvalue weighted by Gasteiger charge is -2.16. The summed E-state index contributed by atoms with van der Waals surface area (Å²) in [5.41, 5.74) is 2.41. The van der Waals surface area contributed by atoms with Gasteiger partial charge in [0.25, 0.3) is 0 Å². The molecule has 0 spiro atoms. The van der Waals surface area contributed by atoms with E-state index in [-0.39, 0.29) is 17.5 Å². The Labute approximate surface area is 125 Å². The minimum atomic E-state index is -3.67. The number of sulfonamides is 1. The predicted octanol–water partition coefficient (Wildman–Crippen LogP) is 2.53. The second-order valence-corrected chi connectivity index (χ2v) is 6.70. The third-order valence-electron chi connectivity index (χ3n) is 3.34. The molecule has 5 heteroatoms. The van der Waals surface area contributed by atoms with E-state index in [1.807, 2.05) is 31.2 Å². The summed E-state index contributed by atoms with van der Waals surface area (Å²) in [4.78, 5) is 0.117. The zero-order valence-electron chi connectivity index (χ0n) is 12.1. The number of hydrogen-bond acceptors (Lipinski definition) is 3. The number of benzene rings is 2. The van der Waals surface area contributed by atoms with Gasteiger partial charge in [-0.15, -0.1) is 0 Å². The summed E-state index contributed by atoms with van der Waals surface area (Å²) in [7, 11) is -3.67. The molecule has 0 fully saturated rings. The fourth-order valence-corrected chi connectivity index (χ4v) is 3.58. The van der Waals surface area contributed by atoms with Crippen LogP contribution in [-0.4, -0.2) is 13.5 Å². The van der Waals surface area contributed by atoms with Crippen molar-refractivity contribution in [1.29, 1.82) is 0 Å². The lowest BCUT2D eigenvalue weighted by Crippen LogP contribution is -2.27. The SMILES string of the molecule is Cc1ccc(C(C)NS(=O)(=O)c2ccccc2CO)cc1. The number of nitrogens with one attached hydrogen (secondary N) is 1. The lowest BCUT2D eigenvalue weighted by molar-refractivity contribution is 0.278. The van der Waals surface area contributed by atoms with Crippen LogP contribution in [0.1, 0.15) is 29.7 Å². The molecule has 21 heavy (non-hydrogen) atoms. The van der Waals surface area contributed by atoms with E-state index >= 15 is 0 Å². The predicted molar refractivity (Wildman–Crippen MR) is 82.3 cm³/mol. The molecule has 0 saturated carbocycles. The molecule has 0 aliphatic heterocycles. The Bertz CT molecular complexity index is 709. The van der Waals surface area contributed by atoms with E-state index in [0.29, 0.717) is 5.56 Å². The minimum Gasteiger partial charge on any atom is -0.392 e. The molecule has 0 saturated heterocycles. The van der Waals surface area contributed by atoms with Gasteiger partial charge in [-0.05, 0) is 31.0 Å². The molecule has 1 atom stereocenters. The number of aliphatic hydroxyl groups excluding tert-OH is 1. The molecule has 0 aliphatic rings. The maximum Gasteiger partial charge on any atom is 0.241 e. The fourth-order valence-electron chi connectivity index (χ4n) is 2.12. The Morgan fingerprint density at radius 3 is 2.33 bits per heavy atom. The molecule has 0 bridgehead atoms. The van der Waals surface area contributed by atoms with Gasteiger partial charge >= 0.3 is 0 Å². The summed E-state index contributed by atoms with van der Waals surface area (Å²) in [5, 5.41) is 9.27. The summed E-state index contributed by atoms with van der Waals surface area (Å²) >= 11 is 0. The van der Waals surface area contributed by atoms with Crippen LogP contribution in [0.2, 0.25) is 0 Å². The quantitative estimate of drug-likeness (QED) is 0.892. The summed E-state index contributed by atoms with van der Waals surface area (Å²) in [6, 6.07) is 13.8. The highest BCUT2D eigenvalue weighted by molar-refractivity contribution is 7.89. The highest BCUT2D eigenvalue weighted by Gasteiger charge is 2.20. The normalized spacial score (nSPS) is 13.1. The zero-order valence-corrected chi connectivity index (χ0v) is 12.9. The van der Waals surface area contributed by atoms with Gasteiger partial charge in [0.15, 0.2) is 0 Å². The highest BCUT2D eigenvalue weighted by Crippen LogP contribution is 2.20. The Balaban J connectivity index is 2.26. The van der Waals surface area contributed by atoms with Crippen molar-refractivity contribution in [2.45, 2.75) is 31.4 Å². The van der Waals surface area contributed by atoms with Crippen LogP contribution in [0.15, 0.2) is 53.4 Å². The van der Waals surface area contributed by atoms with Crippen LogP contribution >= 0.6 is 0 Å². The van der Waals surface area contributed by atoms with Crippen molar-refractivity contribution in [3.05, 3.63) is 65.2 Å². The molecule has 112 valence electrons. The second-order valence-electron chi connectivity index (χ2n) is 5.02. The third-order valence-corrected chi connectivity index (χ3v) is 4.98. The van der Waals surface area contributed by atoms with Crippen LogP contribution in [0, 0.1) is 6.92 Å². The molecule has 0 radical (unpaired) electrons. The lowest BCUT2D eigenvalue weighted by atomic mass is 10.1. The Morgan fingerprint density at radius 1 is 1.10 bits per heavy atom. The van der Waals surface area contributed by atoms with Gasteiger partial charge in [-0.3, -0.25) is 0 Å². The van der Waals surface area contributed by atoms with Crippen molar-refractivity contribution < 1.29 is 13.5 Å². The zero-order chi connectivity index (χ0) is 15.5. The molecule has 0 amide bonds. The fraction of sp³-hybridized carbons (Fsp3) is 0.250. The topological polar surface area (TPSA) is 66.4 Å². The number of rotatable bonds is 5. The maximum absolute atomic E-state index is 12.4. The second kappa shape index (κ2) is 6.39. The van der Waals surface area contributed by atoms with Crippen molar-refractivity contribution >= 4 is 10.0 Å². The summed E-state index contributed by atoms with van der Waals surface area (Å²) in [6.45, 7) is 3.47. The van der Waals surface area contributed by atoms with Gasteiger partial charge in [0.2, 0.25) is 10.0 Å². The largest absolute Gasteiger partial charge is 0.392 e. The summed E-state index contributed by atoms with van der Waals surface area (Å²) in [6.07, 6.45) is 0. The maximum atomic E-state index is 12.4. The van der Waals surface area contributed by atoms with Gasteiger partial charge in [-0.1, -0.05) is 48.0 Å². The van der Waals surface area contributed by atoms with Gasteiger partial charge in [0, 0.05) is 6.04 Å². The molecule has 0 aliphatic carbocycles. The van der Waals surface area contributed by atoms with E-state index in [1.54, 1.807) is 25.1 Å². The van der Waals surface area contributed by atoms with E-state index in [9.17, 15) is 13.5 Å². The number of hydrogen-bond donors (Lipinski definition) is 2. The van der Waals surface area contributed by atoms with Crippen molar-refractivity contribution in [3.63, 3.8) is 0 Å². The van der Waals surface area contributed by atoms with E-state index in [1.165, 1.54) is 6.07 Å². The average Bonchev–Trinajstić information content (AvgIpc) is 2.47. The van der Waals surface area contributed by atoms with Crippen LogP contribution in [0.25, 0.3) is 0 Å². The van der Waals surface area contributed by atoms with Crippen molar-refractivity contribution in [2.24, 2.45) is 0 Å². The van der Waals surface area contributed by atoms with Gasteiger partial charge in [0.05, 0.1) is 11.5 Å². The summed E-state index contributed by atoms with van der Waals surface area (Å²) in [5.74, 6) is 0. The monoisotopic (exact) mass is 305 g/mol. The Morgan fingerprint density at radius 2 is 1.71 bits per heavy atom. The van der Waals surface area contributed by atoms with Gasteiger partial charge in [-0.2, -0.15) is 0 Å². The molecule has 2 aromatic carbocycles. The molecule has 2 N–H and O–H groups in total. The Hall–Kier alpha value is -1.69. The summed E-state index contributed by atoms with van der Waals surface area (Å²) < 4.78 is 27.5. The van der Waals surface area contributed by atoms with Gasteiger partial charge < -0.3 is 5.11 Å². The molecular formula is C16H19NO3S. The van der Waals surface area contributed by atoms with E-state index < -0.39 is 10.0 Å². The van der Waals surface area contributed by atoms with Crippen LogP contribution in [0.5, 0.6) is 0 Å². The molecule has 1 unspecified atom stereocenters. The molecule has 0 heterocycles. The van der Waals surface area contributed by atoms with Crippen LogP contribution in [-0.2, 0) is 16.6 Å².